The fourth-order valence-corrected chi connectivity index (χ4v) is 2.31. The Kier molecular flexibility index (Phi) is 4.93. The van der Waals surface area contributed by atoms with Crippen molar-refractivity contribution in [3.63, 3.8) is 0 Å². The van der Waals surface area contributed by atoms with Gasteiger partial charge in [-0.2, -0.15) is 0 Å². The highest BCUT2D eigenvalue weighted by molar-refractivity contribution is 7.10. The van der Waals surface area contributed by atoms with Crippen molar-refractivity contribution in [3.8, 4) is 5.75 Å². The Labute approximate surface area is 110 Å². The smallest absolute Gasteiger partial charge is 0.124 e. The van der Waals surface area contributed by atoms with Gasteiger partial charge in [-0.05, 0) is 29.6 Å². The lowest BCUT2D eigenvalue weighted by molar-refractivity contribution is 0.406. The fourth-order valence-electron chi connectivity index (χ4n) is 1.57. The molecular weight excluding hydrogens is 261 g/mol. The van der Waals surface area contributed by atoms with Crippen LogP contribution in [-0.4, -0.2) is 7.11 Å². The lowest BCUT2D eigenvalue weighted by Gasteiger charge is -2.14. The molecule has 2 nitrogen and oxygen atoms in total. The van der Waals surface area contributed by atoms with Crippen LogP contribution in [0, 0.1) is 5.82 Å². The van der Waals surface area contributed by atoms with Gasteiger partial charge < -0.3 is 10.5 Å². The number of nitrogens with two attached hydrogens (primary N) is 1. The van der Waals surface area contributed by atoms with Gasteiger partial charge in [-0.15, -0.1) is 23.7 Å². The molecule has 0 unspecified atom stereocenters. The Hall–Kier alpha value is -1.10. The molecule has 0 saturated carbocycles. The van der Waals surface area contributed by atoms with Crippen LogP contribution in [0.1, 0.15) is 16.5 Å². The molecule has 5 heteroatoms. The molecule has 0 saturated heterocycles. The Morgan fingerprint density at radius 1 is 1.35 bits per heavy atom. The minimum absolute atomic E-state index is 0. The van der Waals surface area contributed by atoms with Crippen molar-refractivity contribution in [1.82, 2.24) is 0 Å². The van der Waals surface area contributed by atoms with E-state index in [9.17, 15) is 4.39 Å². The standard InChI is InChI=1S/C12H12FNOS.ClH/c1-15-10-5-4-8(13)7-9(10)12(14)11-3-2-6-16-11;/h2-7,12H,14H2,1H3;1H/t12-;/m1./s1. The third kappa shape index (κ3) is 2.97. The van der Waals surface area contributed by atoms with Crippen LogP contribution < -0.4 is 10.5 Å². The van der Waals surface area contributed by atoms with E-state index in [0.717, 1.165) is 4.88 Å². The number of ether oxygens (including phenoxy) is 1. The van der Waals surface area contributed by atoms with Crippen molar-refractivity contribution in [2.24, 2.45) is 5.73 Å². The van der Waals surface area contributed by atoms with E-state index in [1.807, 2.05) is 17.5 Å². The zero-order valence-electron chi connectivity index (χ0n) is 9.22. The molecule has 0 amide bonds. The molecule has 0 fully saturated rings. The molecule has 1 aromatic carbocycles. The van der Waals surface area contributed by atoms with Crippen LogP contribution in [0.15, 0.2) is 35.7 Å². The second kappa shape index (κ2) is 6.00. The lowest BCUT2D eigenvalue weighted by Crippen LogP contribution is -2.11. The minimum Gasteiger partial charge on any atom is -0.496 e. The van der Waals surface area contributed by atoms with Crippen LogP contribution in [-0.2, 0) is 0 Å². The summed E-state index contributed by atoms with van der Waals surface area (Å²) < 4.78 is 18.4. The van der Waals surface area contributed by atoms with Gasteiger partial charge in [0.15, 0.2) is 0 Å². The van der Waals surface area contributed by atoms with Gasteiger partial charge in [0.25, 0.3) is 0 Å². The molecule has 0 radical (unpaired) electrons. The monoisotopic (exact) mass is 273 g/mol. The summed E-state index contributed by atoms with van der Waals surface area (Å²) in [4.78, 5) is 0.990. The molecule has 2 aromatic rings. The number of methoxy groups -OCH3 is 1. The van der Waals surface area contributed by atoms with Crippen LogP contribution in [0.25, 0.3) is 0 Å². The zero-order chi connectivity index (χ0) is 11.5. The molecule has 1 aromatic heterocycles. The molecule has 1 heterocycles. The Bertz CT molecular complexity index is 475. The van der Waals surface area contributed by atoms with Crippen molar-refractivity contribution in [1.29, 1.82) is 0 Å². The maximum absolute atomic E-state index is 13.2. The molecule has 0 aliphatic heterocycles. The van der Waals surface area contributed by atoms with Gasteiger partial charge in [-0.25, -0.2) is 4.39 Å². The van der Waals surface area contributed by atoms with Crippen molar-refractivity contribution in [2.75, 3.05) is 7.11 Å². The van der Waals surface area contributed by atoms with Crippen molar-refractivity contribution < 1.29 is 9.13 Å². The van der Waals surface area contributed by atoms with Gasteiger partial charge in [0.1, 0.15) is 11.6 Å². The molecule has 17 heavy (non-hydrogen) atoms. The van der Waals surface area contributed by atoms with Gasteiger partial charge in [0.2, 0.25) is 0 Å². The predicted octanol–water partition coefficient (Wildman–Crippen LogP) is 3.37. The maximum atomic E-state index is 13.2. The summed E-state index contributed by atoms with van der Waals surface area (Å²) >= 11 is 1.55. The van der Waals surface area contributed by atoms with Crippen molar-refractivity contribution in [2.45, 2.75) is 6.04 Å². The highest BCUT2D eigenvalue weighted by atomic mass is 35.5. The Morgan fingerprint density at radius 2 is 2.12 bits per heavy atom. The first-order chi connectivity index (χ1) is 7.72. The predicted molar refractivity (Wildman–Crippen MR) is 70.5 cm³/mol. The van der Waals surface area contributed by atoms with E-state index in [2.05, 4.69) is 0 Å². The summed E-state index contributed by atoms with van der Waals surface area (Å²) in [5.74, 6) is 0.310. The molecule has 0 aliphatic rings. The molecule has 0 aliphatic carbocycles. The molecule has 0 bridgehead atoms. The normalized spacial score (nSPS) is 11.7. The Balaban J connectivity index is 0.00000144. The van der Waals surface area contributed by atoms with E-state index in [-0.39, 0.29) is 24.3 Å². The number of halogens is 2. The summed E-state index contributed by atoms with van der Waals surface area (Å²) in [5.41, 5.74) is 6.74. The highest BCUT2D eigenvalue weighted by Gasteiger charge is 2.15. The molecule has 92 valence electrons. The van der Waals surface area contributed by atoms with Gasteiger partial charge in [-0.1, -0.05) is 6.07 Å². The third-order valence-electron chi connectivity index (χ3n) is 2.38. The second-order valence-electron chi connectivity index (χ2n) is 3.38. The number of rotatable bonds is 3. The van der Waals surface area contributed by atoms with E-state index in [1.165, 1.54) is 12.1 Å². The molecule has 2 rings (SSSR count). The number of hydrogen-bond acceptors (Lipinski definition) is 3. The summed E-state index contributed by atoms with van der Waals surface area (Å²) in [6.07, 6.45) is 0. The van der Waals surface area contributed by atoms with E-state index in [1.54, 1.807) is 24.5 Å². The SMILES string of the molecule is COc1ccc(F)cc1[C@@H](N)c1cccs1.Cl. The second-order valence-corrected chi connectivity index (χ2v) is 4.36. The summed E-state index contributed by atoms with van der Waals surface area (Å²) in [6.45, 7) is 0. The number of thiophene rings is 1. The quantitative estimate of drug-likeness (QED) is 0.931. The molecule has 0 spiro atoms. The topological polar surface area (TPSA) is 35.2 Å². The first kappa shape index (κ1) is 14.0. The average Bonchev–Trinajstić information content (AvgIpc) is 2.81. The van der Waals surface area contributed by atoms with Crippen LogP contribution in [0.5, 0.6) is 5.75 Å². The van der Waals surface area contributed by atoms with Crippen LogP contribution >= 0.6 is 23.7 Å². The van der Waals surface area contributed by atoms with E-state index in [0.29, 0.717) is 11.3 Å². The number of benzene rings is 1. The molecule has 1 atom stereocenters. The van der Waals surface area contributed by atoms with E-state index < -0.39 is 0 Å². The zero-order valence-corrected chi connectivity index (χ0v) is 10.9. The van der Waals surface area contributed by atoms with Gasteiger partial charge in [0.05, 0.1) is 13.2 Å². The van der Waals surface area contributed by atoms with Gasteiger partial charge in [-0.3, -0.25) is 0 Å². The van der Waals surface area contributed by atoms with Gasteiger partial charge in [0, 0.05) is 10.4 Å². The maximum Gasteiger partial charge on any atom is 0.124 e. The largest absolute Gasteiger partial charge is 0.496 e. The summed E-state index contributed by atoms with van der Waals surface area (Å²) in [6, 6.07) is 7.89. The molecular formula is C12H13ClFNOS. The van der Waals surface area contributed by atoms with Crippen molar-refractivity contribution >= 4 is 23.7 Å². The Morgan fingerprint density at radius 3 is 2.71 bits per heavy atom. The third-order valence-corrected chi connectivity index (χ3v) is 3.33. The first-order valence-electron chi connectivity index (χ1n) is 4.85. The fraction of sp³-hybridized carbons (Fsp3) is 0.167. The minimum atomic E-state index is -0.342. The lowest BCUT2D eigenvalue weighted by atomic mass is 10.0. The van der Waals surface area contributed by atoms with Crippen LogP contribution in [0.4, 0.5) is 4.39 Å². The van der Waals surface area contributed by atoms with Crippen LogP contribution in [0.3, 0.4) is 0 Å². The highest BCUT2D eigenvalue weighted by Crippen LogP contribution is 2.30. The molecule has 2 N–H and O–H groups in total. The summed E-state index contributed by atoms with van der Waals surface area (Å²) in [7, 11) is 1.55. The van der Waals surface area contributed by atoms with E-state index >= 15 is 0 Å². The first-order valence-corrected chi connectivity index (χ1v) is 5.72. The van der Waals surface area contributed by atoms with Gasteiger partial charge >= 0.3 is 0 Å². The van der Waals surface area contributed by atoms with Crippen LogP contribution in [0.2, 0.25) is 0 Å². The number of hydrogen-bond donors (Lipinski definition) is 1. The average molecular weight is 274 g/mol. The van der Waals surface area contributed by atoms with Crippen molar-refractivity contribution in [3.05, 3.63) is 52.0 Å². The summed E-state index contributed by atoms with van der Waals surface area (Å²) in [5, 5.41) is 1.95. The van der Waals surface area contributed by atoms with E-state index in [4.69, 9.17) is 10.5 Å².